The molecule has 3 nitrogen and oxygen atoms in total. The molecule has 0 aliphatic heterocycles. The summed E-state index contributed by atoms with van der Waals surface area (Å²) in [5.41, 5.74) is 5.99. The van der Waals surface area contributed by atoms with Crippen LogP contribution in [0.25, 0.3) is 0 Å². The zero-order valence-electron chi connectivity index (χ0n) is 11.6. The van der Waals surface area contributed by atoms with Crippen molar-refractivity contribution in [1.82, 2.24) is 5.32 Å². The molecule has 0 aromatic heterocycles. The summed E-state index contributed by atoms with van der Waals surface area (Å²) in [7, 11) is 0. The maximum atomic E-state index is 13.4. The Morgan fingerprint density at radius 2 is 2.05 bits per heavy atom. The monoisotopic (exact) mass is 328 g/mol. The Morgan fingerprint density at radius 1 is 1.38 bits per heavy atom. The van der Waals surface area contributed by atoms with Gasteiger partial charge in [0.25, 0.3) is 5.91 Å². The van der Waals surface area contributed by atoms with Gasteiger partial charge in [-0.3, -0.25) is 4.79 Å². The Morgan fingerprint density at radius 3 is 2.62 bits per heavy atom. The first kappa shape index (κ1) is 16.2. The van der Waals surface area contributed by atoms with E-state index in [0.29, 0.717) is 0 Å². The zero-order valence-corrected chi connectivity index (χ0v) is 13.1. The Bertz CT molecular complexity index is 546. The van der Waals surface area contributed by atoms with E-state index in [4.69, 9.17) is 29.6 Å². The number of benzene rings is 1. The number of rotatable bonds is 4. The predicted octanol–water partition coefficient (Wildman–Crippen LogP) is 3.44. The first-order valence-corrected chi connectivity index (χ1v) is 7.83. The summed E-state index contributed by atoms with van der Waals surface area (Å²) in [5, 5.41) is 2.82. The van der Waals surface area contributed by atoms with Crippen molar-refractivity contribution in [1.29, 1.82) is 0 Å². The second-order valence-electron chi connectivity index (χ2n) is 5.38. The van der Waals surface area contributed by atoms with Crippen LogP contribution < -0.4 is 11.1 Å². The van der Waals surface area contributed by atoms with Crippen LogP contribution in [0, 0.1) is 11.7 Å². The van der Waals surface area contributed by atoms with E-state index in [-0.39, 0.29) is 33.4 Å². The minimum absolute atomic E-state index is 0.00951. The number of amides is 1. The number of hydrogen-bond acceptors (Lipinski definition) is 2. The van der Waals surface area contributed by atoms with Gasteiger partial charge < -0.3 is 11.1 Å². The Kier molecular flexibility index (Phi) is 5.53. The lowest BCUT2D eigenvalue weighted by atomic mass is 9.83. The molecule has 0 radical (unpaired) electrons. The van der Waals surface area contributed by atoms with Crippen molar-refractivity contribution in [3.8, 4) is 0 Å². The highest BCUT2D eigenvalue weighted by atomic mass is 35.5. The van der Waals surface area contributed by atoms with Gasteiger partial charge in [0, 0.05) is 5.56 Å². The molecule has 1 unspecified atom stereocenters. The molecule has 1 aliphatic carbocycles. The van der Waals surface area contributed by atoms with Gasteiger partial charge in [0.1, 0.15) is 5.82 Å². The molecule has 0 bridgehead atoms. The third-order valence-corrected chi connectivity index (χ3v) is 4.46. The summed E-state index contributed by atoms with van der Waals surface area (Å²) in [4.78, 5) is 12.5. The third-order valence-electron chi connectivity index (χ3n) is 3.90. The smallest absolute Gasteiger partial charge is 0.251 e. The van der Waals surface area contributed by atoms with Gasteiger partial charge in [-0.2, -0.15) is 0 Å². The summed E-state index contributed by atoms with van der Waals surface area (Å²) < 4.78 is 13.4. The van der Waals surface area contributed by atoms with Gasteiger partial charge in [0.05, 0.1) is 16.1 Å². The van der Waals surface area contributed by atoms with Crippen LogP contribution in [0.2, 0.25) is 5.02 Å². The molecule has 0 saturated heterocycles. The average Bonchev–Trinajstić information content (AvgIpc) is 2.48. The van der Waals surface area contributed by atoms with Crippen LogP contribution in [0.3, 0.4) is 0 Å². The molecule has 1 fully saturated rings. The number of nitrogens with two attached hydrogens (primary N) is 1. The molecule has 114 valence electrons. The molecule has 2 rings (SSSR count). The number of nitrogens with one attached hydrogen (secondary N) is 1. The quantitative estimate of drug-likeness (QED) is 0.832. The predicted molar refractivity (Wildman–Crippen MR) is 86.0 cm³/mol. The first-order valence-electron chi connectivity index (χ1n) is 7.04. The van der Waals surface area contributed by atoms with E-state index in [1.165, 1.54) is 18.6 Å². The molecule has 1 atom stereocenters. The number of carbonyl (C=O) groups excluding carboxylic acids is 1. The van der Waals surface area contributed by atoms with Crippen molar-refractivity contribution < 1.29 is 9.18 Å². The molecular weight excluding hydrogens is 311 g/mol. The third kappa shape index (κ3) is 4.14. The van der Waals surface area contributed by atoms with Gasteiger partial charge in [-0.1, -0.05) is 43.1 Å². The van der Waals surface area contributed by atoms with Crippen molar-refractivity contribution in [2.24, 2.45) is 11.7 Å². The topological polar surface area (TPSA) is 55.1 Å². The zero-order chi connectivity index (χ0) is 15.4. The maximum absolute atomic E-state index is 13.4. The minimum Gasteiger partial charge on any atom is -0.392 e. The highest BCUT2D eigenvalue weighted by molar-refractivity contribution is 7.80. The van der Waals surface area contributed by atoms with Gasteiger partial charge in [-0.05, 0) is 37.0 Å². The van der Waals surface area contributed by atoms with E-state index in [1.807, 2.05) is 0 Å². The molecule has 0 spiro atoms. The van der Waals surface area contributed by atoms with E-state index in [1.54, 1.807) is 0 Å². The molecule has 1 aromatic carbocycles. The van der Waals surface area contributed by atoms with Crippen molar-refractivity contribution in [3.63, 3.8) is 0 Å². The summed E-state index contributed by atoms with van der Waals surface area (Å²) in [5.74, 6) is -0.736. The molecular formula is C15H18ClFN2OS. The van der Waals surface area contributed by atoms with E-state index < -0.39 is 5.82 Å². The standard InChI is InChI=1S/C15H18ClFN2OS/c16-11-7-6-10(8-12(11)17)15(20)19-13(14(18)21)9-4-2-1-3-5-9/h6-9,13H,1-5H2,(H2,18,21)(H,19,20). The van der Waals surface area contributed by atoms with Crippen molar-refractivity contribution in [2.75, 3.05) is 0 Å². The summed E-state index contributed by atoms with van der Waals surface area (Å²) in [6.45, 7) is 0. The lowest BCUT2D eigenvalue weighted by Gasteiger charge is -2.30. The molecule has 1 saturated carbocycles. The fourth-order valence-corrected chi connectivity index (χ4v) is 3.12. The van der Waals surface area contributed by atoms with Crippen LogP contribution in [-0.4, -0.2) is 16.9 Å². The first-order chi connectivity index (χ1) is 9.99. The van der Waals surface area contributed by atoms with Crippen LogP contribution >= 0.6 is 23.8 Å². The summed E-state index contributed by atoms with van der Waals surface area (Å²) in [6, 6.07) is 3.63. The van der Waals surface area contributed by atoms with Gasteiger partial charge in [0.2, 0.25) is 0 Å². The normalized spacial score (nSPS) is 17.2. The lowest BCUT2D eigenvalue weighted by Crippen LogP contribution is -2.48. The van der Waals surface area contributed by atoms with E-state index in [2.05, 4.69) is 5.32 Å². The lowest BCUT2D eigenvalue weighted by molar-refractivity contribution is 0.0931. The average molecular weight is 329 g/mol. The second-order valence-corrected chi connectivity index (χ2v) is 6.26. The molecule has 6 heteroatoms. The van der Waals surface area contributed by atoms with E-state index >= 15 is 0 Å². The van der Waals surface area contributed by atoms with E-state index in [9.17, 15) is 9.18 Å². The van der Waals surface area contributed by atoms with Crippen LogP contribution in [0.1, 0.15) is 42.5 Å². The number of thiocarbonyl (C=S) groups is 1. The molecule has 0 heterocycles. The van der Waals surface area contributed by atoms with Crippen LogP contribution in [0.4, 0.5) is 4.39 Å². The fraction of sp³-hybridized carbons (Fsp3) is 0.467. The molecule has 1 aromatic rings. The number of halogens is 2. The molecule has 21 heavy (non-hydrogen) atoms. The highest BCUT2D eigenvalue weighted by Crippen LogP contribution is 2.27. The van der Waals surface area contributed by atoms with Crippen molar-refractivity contribution in [3.05, 3.63) is 34.6 Å². The van der Waals surface area contributed by atoms with Gasteiger partial charge in [-0.25, -0.2) is 4.39 Å². The summed E-state index contributed by atoms with van der Waals surface area (Å²) in [6.07, 6.45) is 5.44. The fourth-order valence-electron chi connectivity index (χ4n) is 2.75. The molecule has 1 aliphatic rings. The van der Waals surface area contributed by atoms with Crippen LogP contribution in [0.15, 0.2) is 18.2 Å². The molecule has 1 amide bonds. The molecule has 3 N–H and O–H groups in total. The minimum atomic E-state index is -0.617. The highest BCUT2D eigenvalue weighted by Gasteiger charge is 2.27. The van der Waals surface area contributed by atoms with Gasteiger partial charge in [-0.15, -0.1) is 0 Å². The van der Waals surface area contributed by atoms with Crippen molar-refractivity contribution >= 4 is 34.7 Å². The Hall–Kier alpha value is -1.20. The SMILES string of the molecule is NC(=S)C(NC(=O)c1ccc(Cl)c(F)c1)C1CCCCC1. The maximum Gasteiger partial charge on any atom is 0.251 e. The number of hydrogen-bond donors (Lipinski definition) is 2. The van der Waals surface area contributed by atoms with E-state index in [0.717, 1.165) is 31.7 Å². The summed E-state index contributed by atoms with van der Waals surface area (Å²) >= 11 is 10.7. The Balaban J connectivity index is 2.10. The Labute approximate surface area is 134 Å². The van der Waals surface area contributed by atoms with Gasteiger partial charge >= 0.3 is 0 Å². The second kappa shape index (κ2) is 7.18. The van der Waals surface area contributed by atoms with Crippen molar-refractivity contribution in [2.45, 2.75) is 38.1 Å². The van der Waals surface area contributed by atoms with Crippen LogP contribution in [-0.2, 0) is 0 Å². The van der Waals surface area contributed by atoms with Gasteiger partial charge in [0.15, 0.2) is 0 Å². The number of carbonyl (C=O) groups is 1. The largest absolute Gasteiger partial charge is 0.392 e. The van der Waals surface area contributed by atoms with Crippen LogP contribution in [0.5, 0.6) is 0 Å².